The van der Waals surface area contributed by atoms with E-state index in [1.807, 2.05) is 30.3 Å². The van der Waals surface area contributed by atoms with E-state index in [1.54, 1.807) is 4.90 Å². The number of benzene rings is 1. The van der Waals surface area contributed by atoms with Crippen molar-refractivity contribution < 1.29 is 9.53 Å². The summed E-state index contributed by atoms with van der Waals surface area (Å²) in [6, 6.07) is 7.92. The summed E-state index contributed by atoms with van der Waals surface area (Å²) < 4.78 is 6.41. The van der Waals surface area contributed by atoms with E-state index in [-0.39, 0.29) is 5.91 Å². The molecule has 126 valence electrons. The van der Waals surface area contributed by atoms with Crippen LogP contribution in [0.15, 0.2) is 40.8 Å². The third kappa shape index (κ3) is 3.90. The molecule has 0 radical (unpaired) electrons. The molecule has 5 heteroatoms. The van der Waals surface area contributed by atoms with E-state index in [9.17, 15) is 4.79 Å². The van der Waals surface area contributed by atoms with E-state index in [2.05, 4.69) is 13.0 Å². The minimum Gasteiger partial charge on any atom is -0.488 e. The van der Waals surface area contributed by atoms with Crippen molar-refractivity contribution in [3.63, 3.8) is 0 Å². The van der Waals surface area contributed by atoms with Crippen molar-refractivity contribution >= 4 is 40.3 Å². The third-order valence-electron chi connectivity index (χ3n) is 4.08. The summed E-state index contributed by atoms with van der Waals surface area (Å²) in [5, 5.41) is 0. The number of para-hydroxylation sites is 1. The standard InChI is InChI=1S/C19H21NO2S2/c1-2-3-4-7-10-20-18(21)17(24-19(20)23)12-14-11-15-8-5-6-9-16(15)22-13-14/h5-6,8-9,11-12H,2-4,7,10,13H2,1H3/b17-12-. The maximum absolute atomic E-state index is 12.6. The number of rotatable bonds is 6. The molecule has 0 spiro atoms. The Balaban J connectivity index is 1.69. The Bertz CT molecular complexity index is 709. The Kier molecular flexibility index (Phi) is 5.74. The molecule has 2 heterocycles. The lowest BCUT2D eigenvalue weighted by Gasteiger charge is -2.16. The lowest BCUT2D eigenvalue weighted by Crippen LogP contribution is -2.29. The lowest BCUT2D eigenvalue weighted by molar-refractivity contribution is -0.122. The van der Waals surface area contributed by atoms with Crippen LogP contribution in [0.3, 0.4) is 0 Å². The molecule has 0 atom stereocenters. The number of hydrogen-bond acceptors (Lipinski definition) is 4. The normalized spacial score (nSPS) is 18.6. The first-order valence-corrected chi connectivity index (χ1v) is 9.59. The zero-order valence-electron chi connectivity index (χ0n) is 13.8. The molecule has 3 nitrogen and oxygen atoms in total. The Morgan fingerprint density at radius 3 is 2.96 bits per heavy atom. The molecule has 3 rings (SSSR count). The number of hydrogen-bond donors (Lipinski definition) is 0. The fourth-order valence-corrected chi connectivity index (χ4v) is 4.10. The molecule has 1 saturated heterocycles. The van der Waals surface area contributed by atoms with Gasteiger partial charge in [-0.25, -0.2) is 0 Å². The van der Waals surface area contributed by atoms with E-state index in [1.165, 1.54) is 24.6 Å². The average molecular weight is 360 g/mol. The summed E-state index contributed by atoms with van der Waals surface area (Å²) >= 11 is 6.77. The van der Waals surface area contributed by atoms with Crippen molar-refractivity contribution in [1.82, 2.24) is 4.90 Å². The number of carbonyl (C=O) groups is 1. The smallest absolute Gasteiger partial charge is 0.266 e. The Labute approximate surface area is 152 Å². The minimum atomic E-state index is 0.0289. The molecule has 1 fully saturated rings. The minimum absolute atomic E-state index is 0.0289. The highest BCUT2D eigenvalue weighted by molar-refractivity contribution is 8.26. The van der Waals surface area contributed by atoms with Crippen LogP contribution in [0, 0.1) is 0 Å². The van der Waals surface area contributed by atoms with Crippen LogP contribution in [0.2, 0.25) is 0 Å². The van der Waals surface area contributed by atoms with Gasteiger partial charge in [-0.3, -0.25) is 9.69 Å². The topological polar surface area (TPSA) is 29.5 Å². The van der Waals surface area contributed by atoms with Gasteiger partial charge in [0.25, 0.3) is 5.91 Å². The number of thiocarbonyl (C=S) groups is 1. The van der Waals surface area contributed by atoms with E-state index in [4.69, 9.17) is 17.0 Å². The first-order chi connectivity index (χ1) is 11.7. The number of unbranched alkanes of at least 4 members (excludes halogenated alkanes) is 3. The summed E-state index contributed by atoms with van der Waals surface area (Å²) in [6.07, 6.45) is 8.53. The number of amides is 1. The van der Waals surface area contributed by atoms with Crippen molar-refractivity contribution in [3.05, 3.63) is 46.4 Å². The largest absolute Gasteiger partial charge is 0.488 e. The van der Waals surface area contributed by atoms with E-state index in [0.717, 1.165) is 36.3 Å². The summed E-state index contributed by atoms with van der Waals surface area (Å²) in [4.78, 5) is 15.0. The van der Waals surface area contributed by atoms with Gasteiger partial charge in [0.15, 0.2) is 0 Å². The van der Waals surface area contributed by atoms with Gasteiger partial charge in [0.2, 0.25) is 0 Å². The quantitative estimate of drug-likeness (QED) is 0.415. The molecular weight excluding hydrogens is 338 g/mol. The highest BCUT2D eigenvalue weighted by Gasteiger charge is 2.31. The van der Waals surface area contributed by atoms with Crippen LogP contribution < -0.4 is 4.74 Å². The summed E-state index contributed by atoms with van der Waals surface area (Å²) in [5.41, 5.74) is 2.05. The van der Waals surface area contributed by atoms with Gasteiger partial charge in [-0.2, -0.15) is 0 Å². The predicted molar refractivity (Wildman–Crippen MR) is 104 cm³/mol. The molecular formula is C19H21NO2S2. The predicted octanol–water partition coefficient (Wildman–Crippen LogP) is 4.79. The number of thioether (sulfide) groups is 1. The average Bonchev–Trinajstić information content (AvgIpc) is 2.85. The number of ether oxygens (including phenoxy) is 1. The van der Waals surface area contributed by atoms with Gasteiger partial charge in [-0.05, 0) is 30.2 Å². The van der Waals surface area contributed by atoms with Crippen LogP contribution in [0.1, 0.15) is 38.2 Å². The fourth-order valence-electron chi connectivity index (χ4n) is 2.77. The fraction of sp³-hybridized carbons (Fsp3) is 0.368. The molecule has 0 aromatic heterocycles. The monoisotopic (exact) mass is 359 g/mol. The second-order valence-corrected chi connectivity index (χ2v) is 7.62. The molecule has 2 aliphatic rings. The number of nitrogens with zero attached hydrogens (tertiary/aromatic N) is 1. The SMILES string of the molecule is CCCCCCN1C(=O)/C(=C/C2=Cc3ccccc3OC2)SC1=S. The van der Waals surface area contributed by atoms with Crippen molar-refractivity contribution in [2.75, 3.05) is 13.2 Å². The first-order valence-electron chi connectivity index (χ1n) is 8.37. The molecule has 0 bridgehead atoms. The van der Waals surface area contributed by atoms with Gasteiger partial charge in [-0.15, -0.1) is 0 Å². The maximum Gasteiger partial charge on any atom is 0.266 e. The van der Waals surface area contributed by atoms with Crippen molar-refractivity contribution in [2.24, 2.45) is 0 Å². The molecule has 1 aromatic carbocycles. The zero-order chi connectivity index (χ0) is 16.9. The molecule has 1 aromatic rings. The zero-order valence-corrected chi connectivity index (χ0v) is 15.4. The van der Waals surface area contributed by atoms with Crippen LogP contribution in [0.5, 0.6) is 5.75 Å². The van der Waals surface area contributed by atoms with Crippen molar-refractivity contribution in [2.45, 2.75) is 32.6 Å². The lowest BCUT2D eigenvalue weighted by atomic mass is 10.1. The molecule has 0 unspecified atom stereocenters. The van der Waals surface area contributed by atoms with Crippen LogP contribution in [-0.2, 0) is 4.79 Å². The summed E-state index contributed by atoms with van der Waals surface area (Å²) in [5.74, 6) is 0.916. The van der Waals surface area contributed by atoms with Crippen LogP contribution in [0.25, 0.3) is 6.08 Å². The Hall–Kier alpha value is -1.59. The van der Waals surface area contributed by atoms with Crippen molar-refractivity contribution in [1.29, 1.82) is 0 Å². The molecule has 0 aliphatic carbocycles. The molecule has 1 amide bonds. The van der Waals surface area contributed by atoms with Crippen LogP contribution in [-0.4, -0.2) is 28.3 Å². The Morgan fingerprint density at radius 1 is 1.29 bits per heavy atom. The highest BCUT2D eigenvalue weighted by Crippen LogP contribution is 2.34. The molecule has 2 aliphatic heterocycles. The van der Waals surface area contributed by atoms with Gasteiger partial charge in [-0.1, -0.05) is 68.4 Å². The van der Waals surface area contributed by atoms with Gasteiger partial charge < -0.3 is 4.74 Å². The maximum atomic E-state index is 12.6. The molecule has 0 N–H and O–H groups in total. The molecule has 24 heavy (non-hydrogen) atoms. The van der Waals surface area contributed by atoms with Gasteiger partial charge >= 0.3 is 0 Å². The number of fused-ring (bicyclic) bond motifs is 1. The van der Waals surface area contributed by atoms with Crippen LogP contribution in [0.4, 0.5) is 0 Å². The molecule has 0 saturated carbocycles. The van der Waals surface area contributed by atoms with Crippen molar-refractivity contribution in [3.8, 4) is 5.75 Å². The van der Waals surface area contributed by atoms with E-state index < -0.39 is 0 Å². The number of carbonyl (C=O) groups excluding carboxylic acids is 1. The second-order valence-electron chi connectivity index (χ2n) is 5.94. The van der Waals surface area contributed by atoms with Crippen LogP contribution >= 0.6 is 24.0 Å². The van der Waals surface area contributed by atoms with Gasteiger partial charge in [0, 0.05) is 12.1 Å². The first kappa shape index (κ1) is 17.2. The Morgan fingerprint density at radius 2 is 2.12 bits per heavy atom. The van der Waals surface area contributed by atoms with Gasteiger partial charge in [0.1, 0.15) is 16.7 Å². The second kappa shape index (κ2) is 7.99. The summed E-state index contributed by atoms with van der Waals surface area (Å²) in [6.45, 7) is 3.39. The van der Waals surface area contributed by atoms with E-state index >= 15 is 0 Å². The highest BCUT2D eigenvalue weighted by atomic mass is 32.2. The third-order valence-corrected chi connectivity index (χ3v) is 5.46. The van der Waals surface area contributed by atoms with Gasteiger partial charge in [0.05, 0.1) is 4.91 Å². The summed E-state index contributed by atoms with van der Waals surface area (Å²) in [7, 11) is 0. The van der Waals surface area contributed by atoms with E-state index in [0.29, 0.717) is 15.8 Å².